The van der Waals surface area contributed by atoms with Gasteiger partial charge in [0.1, 0.15) is 11.8 Å². The Morgan fingerprint density at radius 2 is 2.29 bits per heavy atom. The molecule has 146 valence electrons. The SMILES string of the molecule is COC12CCC(Oc3ccccn3)CC1N(C(=O)c1cc3sccc3[nH]1)CC2. The highest BCUT2D eigenvalue weighted by atomic mass is 32.1. The van der Waals surface area contributed by atoms with Gasteiger partial charge in [0, 0.05) is 32.3 Å². The second-order valence-corrected chi connectivity index (χ2v) is 8.54. The van der Waals surface area contributed by atoms with Gasteiger partial charge in [-0.25, -0.2) is 4.98 Å². The van der Waals surface area contributed by atoms with E-state index >= 15 is 0 Å². The Morgan fingerprint density at radius 1 is 1.36 bits per heavy atom. The molecule has 2 fully saturated rings. The maximum absolute atomic E-state index is 13.3. The van der Waals surface area contributed by atoms with Crippen molar-refractivity contribution in [2.24, 2.45) is 0 Å². The van der Waals surface area contributed by atoms with Gasteiger partial charge in [0.15, 0.2) is 0 Å². The van der Waals surface area contributed by atoms with Crippen LogP contribution in [0.5, 0.6) is 5.88 Å². The number of likely N-dealkylation sites (tertiary alicyclic amines) is 1. The summed E-state index contributed by atoms with van der Waals surface area (Å²) in [4.78, 5) is 22.8. The van der Waals surface area contributed by atoms with E-state index in [-0.39, 0.29) is 23.7 Å². The molecule has 4 heterocycles. The van der Waals surface area contributed by atoms with Crippen molar-refractivity contribution in [3.63, 3.8) is 0 Å². The molecule has 1 aliphatic carbocycles. The molecule has 0 bridgehead atoms. The monoisotopic (exact) mass is 397 g/mol. The topological polar surface area (TPSA) is 67.5 Å². The number of amides is 1. The van der Waals surface area contributed by atoms with Crippen LogP contribution in [-0.4, -0.2) is 52.2 Å². The number of nitrogens with one attached hydrogen (secondary N) is 1. The third-order valence-electron chi connectivity index (χ3n) is 6.20. The summed E-state index contributed by atoms with van der Waals surface area (Å²) in [6.45, 7) is 0.709. The summed E-state index contributed by atoms with van der Waals surface area (Å²) in [7, 11) is 1.77. The average Bonchev–Trinajstić information content (AvgIpc) is 3.41. The minimum absolute atomic E-state index is 0.00815. The number of hydrogen-bond donors (Lipinski definition) is 1. The Hall–Kier alpha value is -2.38. The first-order valence-electron chi connectivity index (χ1n) is 9.68. The Bertz CT molecular complexity index is 957. The van der Waals surface area contributed by atoms with Crippen molar-refractivity contribution in [3.05, 3.63) is 47.6 Å². The summed E-state index contributed by atoms with van der Waals surface area (Å²) in [6.07, 6.45) is 5.18. The zero-order valence-electron chi connectivity index (χ0n) is 15.8. The quantitative estimate of drug-likeness (QED) is 0.726. The zero-order valence-corrected chi connectivity index (χ0v) is 16.6. The standard InChI is InChI=1S/C21H23N3O3S/c1-26-21-7-5-14(27-19-4-2-3-9-22-19)12-18(21)24(10-8-21)20(25)16-13-17-15(23-16)6-11-28-17/h2-4,6,9,11,13-14,18,23H,5,7-8,10,12H2,1H3. The van der Waals surface area contributed by atoms with Crippen molar-refractivity contribution in [2.45, 2.75) is 43.4 Å². The van der Waals surface area contributed by atoms with Crippen molar-refractivity contribution in [3.8, 4) is 5.88 Å². The van der Waals surface area contributed by atoms with Crippen LogP contribution in [0.4, 0.5) is 0 Å². The molecule has 2 aliphatic rings. The first kappa shape index (κ1) is 17.7. The summed E-state index contributed by atoms with van der Waals surface area (Å²) in [5.41, 5.74) is 1.40. The minimum atomic E-state index is -0.274. The molecule has 3 atom stereocenters. The van der Waals surface area contributed by atoms with E-state index in [9.17, 15) is 4.79 Å². The van der Waals surface area contributed by atoms with Gasteiger partial charge in [0.2, 0.25) is 5.88 Å². The lowest BCUT2D eigenvalue weighted by Crippen LogP contribution is -2.53. The highest BCUT2D eigenvalue weighted by Crippen LogP contribution is 2.43. The zero-order chi connectivity index (χ0) is 19.1. The third kappa shape index (κ3) is 2.89. The van der Waals surface area contributed by atoms with E-state index in [0.717, 1.165) is 35.9 Å². The molecule has 6 nitrogen and oxygen atoms in total. The normalized spacial score (nSPS) is 27.1. The smallest absolute Gasteiger partial charge is 0.270 e. The number of aromatic nitrogens is 2. The van der Waals surface area contributed by atoms with Crippen LogP contribution in [0.15, 0.2) is 41.9 Å². The number of pyridine rings is 1. The van der Waals surface area contributed by atoms with Gasteiger partial charge in [-0.15, -0.1) is 11.3 Å². The van der Waals surface area contributed by atoms with Crippen LogP contribution < -0.4 is 4.74 Å². The first-order valence-corrected chi connectivity index (χ1v) is 10.6. The first-order chi connectivity index (χ1) is 13.7. The summed E-state index contributed by atoms with van der Waals surface area (Å²) in [6, 6.07) is 9.65. The van der Waals surface area contributed by atoms with Crippen LogP contribution in [0.2, 0.25) is 0 Å². The summed E-state index contributed by atoms with van der Waals surface area (Å²) < 4.78 is 13.2. The van der Waals surface area contributed by atoms with E-state index in [1.54, 1.807) is 24.6 Å². The number of nitrogens with zero attached hydrogens (tertiary/aromatic N) is 2. The maximum atomic E-state index is 13.3. The fourth-order valence-corrected chi connectivity index (χ4v) is 5.50. The number of hydrogen-bond acceptors (Lipinski definition) is 5. The van der Waals surface area contributed by atoms with Crippen LogP contribution >= 0.6 is 11.3 Å². The van der Waals surface area contributed by atoms with E-state index in [1.165, 1.54) is 0 Å². The van der Waals surface area contributed by atoms with Crippen molar-refractivity contribution in [1.29, 1.82) is 0 Å². The highest BCUT2D eigenvalue weighted by Gasteiger charge is 2.53. The number of ether oxygens (including phenoxy) is 2. The highest BCUT2D eigenvalue weighted by molar-refractivity contribution is 7.17. The predicted octanol–water partition coefficient (Wildman–Crippen LogP) is 3.86. The molecule has 1 amide bonds. The molecule has 1 saturated carbocycles. The van der Waals surface area contributed by atoms with E-state index in [2.05, 4.69) is 9.97 Å². The van der Waals surface area contributed by atoms with Gasteiger partial charge in [-0.1, -0.05) is 6.07 Å². The van der Waals surface area contributed by atoms with Crippen LogP contribution in [0.1, 0.15) is 36.2 Å². The Balaban J connectivity index is 1.38. The minimum Gasteiger partial charge on any atom is -0.474 e. The Kier molecular flexibility index (Phi) is 4.36. The van der Waals surface area contributed by atoms with E-state index in [1.807, 2.05) is 40.6 Å². The summed E-state index contributed by atoms with van der Waals surface area (Å²) in [5.74, 6) is 0.684. The van der Waals surface area contributed by atoms with Crippen LogP contribution in [-0.2, 0) is 4.74 Å². The fraction of sp³-hybridized carbons (Fsp3) is 0.429. The lowest BCUT2D eigenvalue weighted by atomic mass is 9.79. The molecule has 28 heavy (non-hydrogen) atoms. The molecule has 0 aromatic carbocycles. The fourth-order valence-electron chi connectivity index (χ4n) is 4.72. The van der Waals surface area contributed by atoms with Gasteiger partial charge >= 0.3 is 0 Å². The van der Waals surface area contributed by atoms with Gasteiger partial charge < -0.3 is 19.4 Å². The summed E-state index contributed by atoms with van der Waals surface area (Å²) >= 11 is 1.64. The number of thiophene rings is 1. The maximum Gasteiger partial charge on any atom is 0.270 e. The second kappa shape index (κ2) is 6.90. The molecule has 0 spiro atoms. The van der Waals surface area contributed by atoms with Crippen LogP contribution in [0.25, 0.3) is 10.2 Å². The molecular formula is C21H23N3O3S. The number of aromatic amines is 1. The molecule has 5 rings (SSSR count). The number of carbonyl (C=O) groups excluding carboxylic acids is 1. The van der Waals surface area contributed by atoms with Crippen molar-refractivity contribution >= 4 is 27.5 Å². The molecular weight excluding hydrogens is 374 g/mol. The van der Waals surface area contributed by atoms with Crippen molar-refractivity contribution < 1.29 is 14.3 Å². The molecule has 3 aromatic rings. The number of carbonyl (C=O) groups is 1. The van der Waals surface area contributed by atoms with Gasteiger partial charge in [0.05, 0.1) is 21.9 Å². The largest absolute Gasteiger partial charge is 0.474 e. The third-order valence-corrected chi connectivity index (χ3v) is 7.06. The summed E-state index contributed by atoms with van der Waals surface area (Å²) in [5, 5.41) is 2.03. The van der Waals surface area contributed by atoms with Gasteiger partial charge in [-0.05, 0) is 42.8 Å². The molecule has 0 radical (unpaired) electrons. The molecule has 3 aromatic heterocycles. The van der Waals surface area contributed by atoms with Gasteiger partial charge in [-0.3, -0.25) is 4.79 Å². The predicted molar refractivity (Wildman–Crippen MR) is 108 cm³/mol. The van der Waals surface area contributed by atoms with E-state index in [4.69, 9.17) is 9.47 Å². The van der Waals surface area contributed by atoms with Gasteiger partial charge in [-0.2, -0.15) is 0 Å². The molecule has 1 aliphatic heterocycles. The average molecular weight is 398 g/mol. The Labute approximate surface area is 167 Å². The van der Waals surface area contributed by atoms with E-state index < -0.39 is 0 Å². The lowest BCUT2D eigenvalue weighted by Gasteiger charge is -2.43. The van der Waals surface area contributed by atoms with Crippen molar-refractivity contribution in [1.82, 2.24) is 14.9 Å². The van der Waals surface area contributed by atoms with E-state index in [0.29, 0.717) is 18.1 Å². The molecule has 1 saturated heterocycles. The number of methoxy groups -OCH3 is 1. The van der Waals surface area contributed by atoms with Crippen LogP contribution in [0.3, 0.4) is 0 Å². The van der Waals surface area contributed by atoms with Gasteiger partial charge in [0.25, 0.3) is 5.91 Å². The second-order valence-electron chi connectivity index (χ2n) is 7.60. The lowest BCUT2D eigenvalue weighted by molar-refractivity contribution is -0.0788. The Morgan fingerprint density at radius 3 is 3.07 bits per heavy atom. The molecule has 7 heteroatoms. The number of rotatable bonds is 4. The van der Waals surface area contributed by atoms with Crippen LogP contribution in [0, 0.1) is 0 Å². The number of fused-ring (bicyclic) bond motifs is 2. The molecule has 3 unspecified atom stereocenters. The molecule has 1 N–H and O–H groups in total. The van der Waals surface area contributed by atoms with Crippen molar-refractivity contribution in [2.75, 3.05) is 13.7 Å². The number of H-pyrrole nitrogens is 1.